The zero-order valence-electron chi connectivity index (χ0n) is 13.6. The van der Waals surface area contributed by atoms with Gasteiger partial charge in [0.2, 0.25) is 5.88 Å². The quantitative estimate of drug-likeness (QED) is 0.824. The molecule has 1 aliphatic rings. The molecular weight excluding hydrogens is 366 g/mol. The fourth-order valence-electron chi connectivity index (χ4n) is 2.63. The lowest BCUT2D eigenvalue weighted by Crippen LogP contribution is -2.42. The smallest absolute Gasteiger partial charge is 0.213 e. The molecule has 0 saturated carbocycles. The van der Waals surface area contributed by atoms with Crippen LogP contribution in [0.2, 0.25) is 0 Å². The van der Waals surface area contributed by atoms with Crippen molar-refractivity contribution in [3.05, 3.63) is 64.3 Å². The Balaban J connectivity index is 1.45. The Morgan fingerprint density at radius 3 is 2.62 bits per heavy atom. The van der Waals surface area contributed by atoms with Gasteiger partial charge in [0, 0.05) is 49.5 Å². The van der Waals surface area contributed by atoms with Gasteiger partial charge in [-0.05, 0) is 39.2 Å². The summed E-state index contributed by atoms with van der Waals surface area (Å²) < 4.78 is 6.53. The molecule has 0 spiro atoms. The van der Waals surface area contributed by atoms with Crippen molar-refractivity contribution in [2.24, 2.45) is 0 Å². The van der Waals surface area contributed by atoms with Gasteiger partial charge in [-0.3, -0.25) is 4.90 Å². The van der Waals surface area contributed by atoms with Gasteiger partial charge in [0.15, 0.2) is 0 Å². The summed E-state index contributed by atoms with van der Waals surface area (Å²) in [5.74, 6) is 0.634. The fourth-order valence-corrected chi connectivity index (χ4v) is 2.86. The van der Waals surface area contributed by atoms with Gasteiger partial charge in [0.05, 0.1) is 0 Å². The largest absolute Gasteiger partial charge is 0.473 e. The van der Waals surface area contributed by atoms with Crippen LogP contribution in [0, 0.1) is 0 Å². The number of halogens is 1. The van der Waals surface area contributed by atoms with Crippen molar-refractivity contribution in [1.82, 2.24) is 15.2 Å². The van der Waals surface area contributed by atoms with Crippen LogP contribution < -0.4 is 10.1 Å². The third-order valence-corrected chi connectivity index (χ3v) is 4.40. The number of hydrogen-bond acceptors (Lipinski definition) is 4. The first kappa shape index (κ1) is 17.1. The molecule has 1 fully saturated rings. The van der Waals surface area contributed by atoms with Crippen LogP contribution in [0.1, 0.15) is 11.1 Å². The van der Waals surface area contributed by atoms with Gasteiger partial charge >= 0.3 is 0 Å². The zero-order chi connectivity index (χ0) is 16.6. The Kier molecular flexibility index (Phi) is 6.41. The van der Waals surface area contributed by atoms with Crippen LogP contribution in [0.4, 0.5) is 0 Å². The number of hydrogen-bond donors (Lipinski definition) is 1. The Labute approximate surface area is 151 Å². The minimum atomic E-state index is 0.511. The summed E-state index contributed by atoms with van der Waals surface area (Å²) in [5.41, 5.74) is 2.55. The average molecular weight is 388 g/mol. The van der Waals surface area contributed by atoms with Gasteiger partial charge in [-0.2, -0.15) is 0 Å². The molecule has 0 aliphatic carbocycles. The van der Waals surface area contributed by atoms with Gasteiger partial charge in [-0.1, -0.05) is 30.3 Å². The average Bonchev–Trinajstić information content (AvgIpc) is 2.62. The third-order valence-electron chi connectivity index (χ3n) is 3.93. The molecule has 0 bridgehead atoms. The second-order valence-electron chi connectivity index (χ2n) is 5.80. The summed E-state index contributed by atoms with van der Waals surface area (Å²) >= 11 is 3.36. The molecule has 24 heavy (non-hydrogen) atoms. The second kappa shape index (κ2) is 8.97. The first-order chi connectivity index (χ1) is 11.8. The highest BCUT2D eigenvalue weighted by Gasteiger charge is 2.09. The molecule has 0 unspecified atom stereocenters. The molecule has 0 atom stereocenters. The lowest BCUT2D eigenvalue weighted by molar-refractivity contribution is 0.233. The Hall–Kier alpha value is -1.69. The number of nitrogens with zero attached hydrogens (tertiary/aromatic N) is 2. The maximum atomic E-state index is 5.58. The van der Waals surface area contributed by atoms with E-state index in [1.165, 1.54) is 11.1 Å². The second-order valence-corrected chi connectivity index (χ2v) is 6.71. The molecule has 1 saturated heterocycles. The number of aromatic nitrogens is 1. The molecule has 0 amide bonds. The number of benzene rings is 1. The van der Waals surface area contributed by atoms with Gasteiger partial charge in [0.25, 0.3) is 0 Å². The Morgan fingerprint density at radius 2 is 1.92 bits per heavy atom. The summed E-state index contributed by atoms with van der Waals surface area (Å²) in [6.45, 7) is 5.98. The topological polar surface area (TPSA) is 37.4 Å². The number of ether oxygens (including phenoxy) is 1. The molecule has 5 heteroatoms. The number of rotatable bonds is 6. The van der Waals surface area contributed by atoms with Crippen molar-refractivity contribution in [2.75, 3.05) is 32.8 Å². The predicted molar refractivity (Wildman–Crippen MR) is 101 cm³/mol. The number of pyridine rings is 1. The van der Waals surface area contributed by atoms with Crippen molar-refractivity contribution < 1.29 is 4.74 Å². The minimum absolute atomic E-state index is 0.511. The number of piperazine rings is 1. The van der Waals surface area contributed by atoms with Gasteiger partial charge in [-0.25, -0.2) is 4.98 Å². The van der Waals surface area contributed by atoms with Crippen molar-refractivity contribution in [3.63, 3.8) is 0 Å². The van der Waals surface area contributed by atoms with E-state index in [9.17, 15) is 0 Å². The van der Waals surface area contributed by atoms with E-state index in [1.807, 2.05) is 18.2 Å². The maximum absolute atomic E-state index is 5.58. The Bertz CT molecular complexity index is 649. The molecule has 4 nitrogen and oxygen atoms in total. The minimum Gasteiger partial charge on any atom is -0.473 e. The van der Waals surface area contributed by atoms with Crippen LogP contribution in [0.5, 0.6) is 5.88 Å². The molecule has 1 N–H and O–H groups in total. The SMILES string of the molecule is Brc1ccc(OC/C=C/c2ccc(CN3CCNCC3)cc2)nc1. The molecule has 0 radical (unpaired) electrons. The monoisotopic (exact) mass is 387 g/mol. The third kappa shape index (κ3) is 5.44. The summed E-state index contributed by atoms with van der Waals surface area (Å²) in [6, 6.07) is 12.5. The molecule has 1 aliphatic heterocycles. The summed E-state index contributed by atoms with van der Waals surface area (Å²) in [4.78, 5) is 6.66. The molecule has 1 aromatic carbocycles. The standard InChI is InChI=1S/C19H22BrN3O/c20-18-7-8-19(22-14-18)24-13-1-2-16-3-5-17(6-4-16)15-23-11-9-21-10-12-23/h1-8,14,21H,9-13,15H2/b2-1+. The van der Waals surface area contributed by atoms with Crippen LogP contribution in [0.15, 0.2) is 53.1 Å². The van der Waals surface area contributed by atoms with Crippen molar-refractivity contribution in [3.8, 4) is 5.88 Å². The lowest BCUT2D eigenvalue weighted by Gasteiger charge is -2.27. The van der Waals surface area contributed by atoms with Gasteiger partial charge < -0.3 is 10.1 Å². The summed E-state index contributed by atoms with van der Waals surface area (Å²) in [6.07, 6.45) is 5.82. The Morgan fingerprint density at radius 1 is 1.12 bits per heavy atom. The van der Waals surface area contributed by atoms with E-state index < -0.39 is 0 Å². The van der Waals surface area contributed by atoms with E-state index in [4.69, 9.17) is 4.74 Å². The molecule has 1 aromatic heterocycles. The number of nitrogens with one attached hydrogen (secondary N) is 1. The predicted octanol–water partition coefficient (Wildman–Crippen LogP) is 3.34. The molecule has 2 heterocycles. The molecule has 2 aromatic rings. The fraction of sp³-hybridized carbons (Fsp3) is 0.316. The van der Waals surface area contributed by atoms with Gasteiger partial charge in [0.1, 0.15) is 6.61 Å². The van der Waals surface area contributed by atoms with Crippen molar-refractivity contribution >= 4 is 22.0 Å². The van der Waals surface area contributed by atoms with E-state index in [2.05, 4.69) is 61.5 Å². The summed E-state index contributed by atoms with van der Waals surface area (Å²) in [5, 5.41) is 3.38. The van der Waals surface area contributed by atoms with Crippen LogP contribution in [0.3, 0.4) is 0 Å². The lowest BCUT2D eigenvalue weighted by atomic mass is 10.1. The zero-order valence-corrected chi connectivity index (χ0v) is 15.2. The van der Waals surface area contributed by atoms with Crippen LogP contribution in [0.25, 0.3) is 6.08 Å². The molecular formula is C19H22BrN3O. The van der Waals surface area contributed by atoms with Gasteiger partial charge in [-0.15, -0.1) is 0 Å². The van der Waals surface area contributed by atoms with E-state index >= 15 is 0 Å². The highest BCUT2D eigenvalue weighted by atomic mass is 79.9. The maximum Gasteiger partial charge on any atom is 0.213 e. The van der Waals surface area contributed by atoms with E-state index in [0.29, 0.717) is 12.5 Å². The highest BCUT2D eigenvalue weighted by molar-refractivity contribution is 9.10. The molecule has 126 valence electrons. The van der Waals surface area contributed by atoms with Crippen LogP contribution in [-0.4, -0.2) is 42.7 Å². The molecule has 3 rings (SSSR count). The normalized spacial score (nSPS) is 15.7. The summed E-state index contributed by atoms with van der Waals surface area (Å²) in [7, 11) is 0. The van der Waals surface area contributed by atoms with Crippen LogP contribution >= 0.6 is 15.9 Å². The van der Waals surface area contributed by atoms with Crippen LogP contribution in [-0.2, 0) is 6.54 Å². The van der Waals surface area contributed by atoms with E-state index in [0.717, 1.165) is 37.2 Å². The van der Waals surface area contributed by atoms with Crippen molar-refractivity contribution in [1.29, 1.82) is 0 Å². The first-order valence-electron chi connectivity index (χ1n) is 8.22. The van der Waals surface area contributed by atoms with E-state index in [1.54, 1.807) is 6.20 Å². The first-order valence-corrected chi connectivity index (χ1v) is 9.02. The van der Waals surface area contributed by atoms with E-state index in [-0.39, 0.29) is 0 Å². The highest BCUT2D eigenvalue weighted by Crippen LogP contribution is 2.13. The van der Waals surface area contributed by atoms with Crippen molar-refractivity contribution in [2.45, 2.75) is 6.54 Å².